The van der Waals surface area contributed by atoms with Gasteiger partial charge in [-0.3, -0.25) is 0 Å². The molecule has 0 amide bonds. The first-order valence-corrected chi connectivity index (χ1v) is 12.6. The molecule has 4 aromatic rings. The van der Waals surface area contributed by atoms with Gasteiger partial charge in [-0.05, 0) is 37.3 Å². The summed E-state index contributed by atoms with van der Waals surface area (Å²) in [4.78, 5) is 0. The van der Waals surface area contributed by atoms with Gasteiger partial charge in [0, 0.05) is 50.2 Å². The molecule has 0 radical (unpaired) electrons. The third kappa shape index (κ3) is 4.95. The number of nitrogens with zero attached hydrogens (tertiary/aromatic N) is 2. The molecule has 170 valence electrons. The van der Waals surface area contributed by atoms with Gasteiger partial charge in [0.15, 0.2) is 12.4 Å². The highest BCUT2D eigenvalue weighted by atomic mass is 15.0. The molecule has 2 aromatic heterocycles. The van der Waals surface area contributed by atoms with Crippen LogP contribution in [-0.2, 0) is 13.1 Å². The van der Waals surface area contributed by atoms with Gasteiger partial charge in [0.25, 0.3) is 0 Å². The first kappa shape index (κ1) is 21.7. The number of pyridine rings is 2. The van der Waals surface area contributed by atoms with Gasteiger partial charge in [-0.25, -0.2) is 0 Å². The molecule has 6 rings (SSSR count). The van der Waals surface area contributed by atoms with Crippen LogP contribution in [-0.4, -0.2) is 13.1 Å². The Morgan fingerprint density at radius 1 is 0.636 bits per heavy atom. The minimum Gasteiger partial charge on any atom is -0.384 e. The van der Waals surface area contributed by atoms with Crippen molar-refractivity contribution in [1.29, 1.82) is 0 Å². The second-order valence-corrected chi connectivity index (χ2v) is 9.48. The second-order valence-electron chi connectivity index (χ2n) is 9.48. The molecule has 0 saturated heterocycles. The Bertz CT molecular complexity index is 1140. The molecule has 4 heteroatoms. The molecule has 0 atom stereocenters. The molecule has 2 aliphatic heterocycles. The van der Waals surface area contributed by atoms with Crippen molar-refractivity contribution in [3.63, 3.8) is 0 Å². The van der Waals surface area contributed by atoms with E-state index in [1.807, 2.05) is 0 Å². The maximum atomic E-state index is 3.69. The smallest absolute Gasteiger partial charge is 0.214 e. The lowest BCUT2D eigenvalue weighted by Gasteiger charge is -2.13. The van der Waals surface area contributed by atoms with Gasteiger partial charge < -0.3 is 10.6 Å². The Morgan fingerprint density at radius 2 is 1.12 bits per heavy atom. The lowest BCUT2D eigenvalue weighted by molar-refractivity contribution is -0.677. The van der Waals surface area contributed by atoms with Crippen molar-refractivity contribution in [3.8, 4) is 0 Å². The summed E-state index contributed by atoms with van der Waals surface area (Å²) in [6.45, 7) is 6.52. The third-order valence-corrected chi connectivity index (χ3v) is 7.06. The molecule has 0 unspecified atom stereocenters. The maximum absolute atomic E-state index is 3.69. The molecule has 4 heterocycles. The van der Waals surface area contributed by atoms with E-state index in [0.717, 1.165) is 26.2 Å². The summed E-state index contributed by atoms with van der Waals surface area (Å²) in [5.74, 6) is 0.656. The molecule has 2 N–H and O–H groups in total. The monoisotopic (exact) mass is 440 g/mol. The van der Waals surface area contributed by atoms with Crippen LogP contribution in [0, 0.1) is 5.92 Å². The number of fused-ring (bicyclic) bond motifs is 12. The van der Waals surface area contributed by atoms with E-state index in [9.17, 15) is 0 Å². The van der Waals surface area contributed by atoms with Gasteiger partial charge in [0.2, 0.25) is 11.0 Å². The number of nitrogens with one attached hydrogen (secondary N) is 2. The minimum atomic E-state index is 0.656. The molecule has 0 saturated carbocycles. The van der Waals surface area contributed by atoms with E-state index in [1.165, 1.54) is 65.3 Å². The highest BCUT2D eigenvalue weighted by molar-refractivity contribution is 5.89. The van der Waals surface area contributed by atoms with E-state index in [0.29, 0.717) is 5.92 Å². The van der Waals surface area contributed by atoms with Crippen molar-refractivity contribution in [2.75, 3.05) is 23.7 Å². The van der Waals surface area contributed by atoms with Crippen molar-refractivity contribution in [1.82, 2.24) is 0 Å². The average molecular weight is 441 g/mol. The van der Waals surface area contributed by atoms with Crippen LogP contribution >= 0.6 is 0 Å². The fraction of sp³-hybridized carbons (Fsp3) is 0.379. The van der Waals surface area contributed by atoms with Gasteiger partial charge in [0.1, 0.15) is 13.1 Å². The molecule has 33 heavy (non-hydrogen) atoms. The van der Waals surface area contributed by atoms with E-state index in [4.69, 9.17) is 0 Å². The van der Waals surface area contributed by atoms with Crippen molar-refractivity contribution >= 4 is 33.2 Å². The Kier molecular flexibility index (Phi) is 6.71. The van der Waals surface area contributed by atoms with Crippen molar-refractivity contribution in [3.05, 3.63) is 73.1 Å². The molecule has 4 bridgehead atoms. The molecule has 0 spiro atoms. The van der Waals surface area contributed by atoms with Crippen LogP contribution in [0.1, 0.15) is 39.0 Å². The molecule has 0 aliphatic carbocycles. The lowest BCUT2D eigenvalue weighted by Crippen LogP contribution is -2.37. The summed E-state index contributed by atoms with van der Waals surface area (Å²) < 4.78 is 4.86. The lowest BCUT2D eigenvalue weighted by atomic mass is 10.0. The quantitative estimate of drug-likeness (QED) is 0.344. The van der Waals surface area contributed by atoms with E-state index in [2.05, 4.69) is 99.7 Å². The summed E-state index contributed by atoms with van der Waals surface area (Å²) in [5, 5.41) is 10.0. The summed E-state index contributed by atoms with van der Waals surface area (Å²) in [6.07, 6.45) is 10.5. The number of rotatable bonds is 0. The number of hydrogen-bond donors (Lipinski definition) is 2. The molecule has 2 aliphatic rings. The third-order valence-electron chi connectivity index (χ3n) is 7.06. The first-order chi connectivity index (χ1) is 16.3. The van der Waals surface area contributed by atoms with Gasteiger partial charge >= 0.3 is 0 Å². The molecular weight excluding hydrogens is 404 g/mol. The number of hydrogen-bond acceptors (Lipinski definition) is 2. The number of para-hydroxylation sites is 2. The van der Waals surface area contributed by atoms with Crippen molar-refractivity contribution < 1.29 is 9.13 Å². The molecule has 4 nitrogen and oxygen atoms in total. The minimum absolute atomic E-state index is 0.656. The Hall–Kier alpha value is -3.14. The Labute approximate surface area is 197 Å². The number of benzene rings is 2. The molecular formula is C29H36N4+2. The van der Waals surface area contributed by atoms with Crippen LogP contribution in [0.4, 0.5) is 11.4 Å². The van der Waals surface area contributed by atoms with Crippen LogP contribution in [0.5, 0.6) is 0 Å². The Balaban J connectivity index is 1.41. The number of anilines is 2. The SMILES string of the molecule is CC1CC[n+]2ccc(c3ccccc32)NCCCCCNc2cc[n+](c3ccccc23)CC1. The fourth-order valence-corrected chi connectivity index (χ4v) is 5.01. The fourth-order valence-electron chi connectivity index (χ4n) is 5.01. The molecule has 0 fully saturated rings. The summed E-state index contributed by atoms with van der Waals surface area (Å²) >= 11 is 0. The normalized spacial score (nSPS) is 16.5. The van der Waals surface area contributed by atoms with Crippen molar-refractivity contribution in [2.45, 2.75) is 52.1 Å². The standard InChI is InChI=1S/C29H34N4/c1-23-13-19-32-21-15-26(24-9-3-5-11-28(24)32)30-17-7-2-8-18-31-27-16-22-33(20-14-23)29-12-6-4-10-25(27)29/h3-6,9-12,15-16,21-23H,2,7-8,13-14,17-20H2,1H3/p+2. The van der Waals surface area contributed by atoms with E-state index >= 15 is 0 Å². The van der Waals surface area contributed by atoms with Gasteiger partial charge in [-0.1, -0.05) is 31.2 Å². The van der Waals surface area contributed by atoms with Gasteiger partial charge in [-0.2, -0.15) is 9.13 Å². The van der Waals surface area contributed by atoms with Crippen LogP contribution in [0.2, 0.25) is 0 Å². The van der Waals surface area contributed by atoms with Crippen LogP contribution in [0.25, 0.3) is 21.8 Å². The van der Waals surface area contributed by atoms with Crippen LogP contribution in [0.3, 0.4) is 0 Å². The number of aromatic nitrogens is 2. The average Bonchev–Trinajstić information content (AvgIpc) is 2.86. The van der Waals surface area contributed by atoms with Gasteiger partial charge in [0.05, 0.1) is 22.1 Å². The zero-order valence-electron chi connectivity index (χ0n) is 19.8. The summed E-state index contributed by atoms with van der Waals surface area (Å²) in [7, 11) is 0. The molecule has 2 aromatic carbocycles. The topological polar surface area (TPSA) is 31.8 Å². The zero-order chi connectivity index (χ0) is 22.5. The van der Waals surface area contributed by atoms with Gasteiger partial charge in [-0.15, -0.1) is 0 Å². The van der Waals surface area contributed by atoms with E-state index in [1.54, 1.807) is 0 Å². The highest BCUT2D eigenvalue weighted by Gasteiger charge is 2.17. The van der Waals surface area contributed by atoms with E-state index in [-0.39, 0.29) is 0 Å². The number of aryl methyl sites for hydroxylation is 2. The Morgan fingerprint density at radius 3 is 1.64 bits per heavy atom. The zero-order valence-corrected chi connectivity index (χ0v) is 19.8. The largest absolute Gasteiger partial charge is 0.384 e. The summed E-state index contributed by atoms with van der Waals surface area (Å²) in [5.41, 5.74) is 5.16. The second kappa shape index (κ2) is 10.2. The predicted molar refractivity (Wildman–Crippen MR) is 138 cm³/mol. The van der Waals surface area contributed by atoms with E-state index < -0.39 is 0 Å². The highest BCUT2D eigenvalue weighted by Crippen LogP contribution is 2.23. The summed E-state index contributed by atoms with van der Waals surface area (Å²) in [6, 6.07) is 22.1. The van der Waals surface area contributed by atoms with Crippen molar-refractivity contribution in [2.24, 2.45) is 5.92 Å². The van der Waals surface area contributed by atoms with Crippen LogP contribution in [0.15, 0.2) is 73.1 Å². The maximum Gasteiger partial charge on any atom is 0.214 e. The predicted octanol–water partition coefficient (Wildman–Crippen LogP) is 5.69. The first-order valence-electron chi connectivity index (χ1n) is 12.6. The van der Waals surface area contributed by atoms with Crippen LogP contribution < -0.4 is 19.8 Å².